The fourth-order valence-electron chi connectivity index (χ4n) is 5.96. The molecule has 10 heteroatoms. The van der Waals surface area contributed by atoms with Crippen LogP contribution in [0.25, 0.3) is 5.57 Å². The van der Waals surface area contributed by atoms with Crippen molar-refractivity contribution in [3.05, 3.63) is 77.4 Å². The number of urea groups is 1. The Morgan fingerprint density at radius 1 is 1.05 bits per heavy atom. The maximum absolute atomic E-state index is 14.8. The van der Waals surface area contributed by atoms with Gasteiger partial charge in [0.1, 0.15) is 17.2 Å². The monoisotopic (exact) mass is 554 g/mol. The average Bonchev–Trinajstić information content (AvgIpc) is 3.39. The molecule has 8 nitrogen and oxygen atoms in total. The summed E-state index contributed by atoms with van der Waals surface area (Å²) in [4.78, 5) is 34.1. The Kier molecular flexibility index (Phi) is 8.48. The van der Waals surface area contributed by atoms with E-state index in [1.165, 1.54) is 4.90 Å². The van der Waals surface area contributed by atoms with Crippen LogP contribution >= 0.6 is 0 Å². The number of aliphatic hydroxyl groups excluding tert-OH is 1. The van der Waals surface area contributed by atoms with E-state index in [0.717, 1.165) is 31.3 Å². The van der Waals surface area contributed by atoms with Crippen LogP contribution < -0.4 is 0 Å². The molecule has 0 spiro atoms. The lowest BCUT2D eigenvalue weighted by molar-refractivity contribution is -0.134. The lowest BCUT2D eigenvalue weighted by Gasteiger charge is -2.43. The number of nitrogens with zero attached hydrogens (tertiary/aromatic N) is 4. The van der Waals surface area contributed by atoms with Gasteiger partial charge in [0.25, 0.3) is 0 Å². The van der Waals surface area contributed by atoms with E-state index >= 15 is 0 Å². The molecule has 2 aromatic rings. The molecule has 1 atom stereocenters. The SMILES string of the molecule is CN(C(=O)N1CC(c2cc(F)ccc2F)=CC1(CO)c1ccccc1)C1CCN(C(=O)CN2CCOCC2)CC1. The molecule has 1 unspecified atom stereocenters. The third-order valence-electron chi connectivity index (χ3n) is 8.37. The minimum Gasteiger partial charge on any atom is -0.393 e. The molecule has 1 N–H and O–H groups in total. The van der Waals surface area contributed by atoms with E-state index in [1.807, 2.05) is 35.2 Å². The Morgan fingerprint density at radius 3 is 2.42 bits per heavy atom. The molecule has 2 aromatic carbocycles. The predicted octanol–water partition coefficient (Wildman–Crippen LogP) is 2.93. The number of rotatable bonds is 6. The molecule has 3 aliphatic rings. The topological polar surface area (TPSA) is 76.6 Å². The Labute approximate surface area is 233 Å². The van der Waals surface area contributed by atoms with Gasteiger partial charge in [0.2, 0.25) is 5.91 Å². The molecule has 0 aliphatic carbocycles. The smallest absolute Gasteiger partial charge is 0.321 e. The molecule has 214 valence electrons. The molecule has 5 rings (SSSR count). The molecule has 3 aliphatic heterocycles. The largest absolute Gasteiger partial charge is 0.393 e. The summed E-state index contributed by atoms with van der Waals surface area (Å²) < 4.78 is 34.2. The molecular formula is C30H36F2N4O4. The van der Waals surface area contributed by atoms with Crippen molar-refractivity contribution in [1.82, 2.24) is 19.6 Å². The van der Waals surface area contributed by atoms with Crippen molar-refractivity contribution in [3.63, 3.8) is 0 Å². The molecule has 2 saturated heterocycles. The molecule has 0 saturated carbocycles. The van der Waals surface area contributed by atoms with E-state index < -0.39 is 23.8 Å². The summed E-state index contributed by atoms with van der Waals surface area (Å²) in [5, 5.41) is 10.7. The van der Waals surface area contributed by atoms with Gasteiger partial charge in [-0.25, -0.2) is 13.6 Å². The first-order valence-corrected chi connectivity index (χ1v) is 13.8. The van der Waals surface area contributed by atoms with Crippen LogP contribution in [0.5, 0.6) is 0 Å². The number of hydrogen-bond acceptors (Lipinski definition) is 5. The highest BCUT2D eigenvalue weighted by atomic mass is 19.1. The first-order valence-electron chi connectivity index (χ1n) is 13.8. The van der Waals surface area contributed by atoms with Crippen LogP contribution in [0.3, 0.4) is 0 Å². The van der Waals surface area contributed by atoms with Crippen molar-refractivity contribution in [3.8, 4) is 0 Å². The van der Waals surface area contributed by atoms with Gasteiger partial charge in [0.05, 0.1) is 26.4 Å². The van der Waals surface area contributed by atoms with Crippen LogP contribution in [0, 0.1) is 11.6 Å². The molecular weight excluding hydrogens is 518 g/mol. The highest BCUT2D eigenvalue weighted by Gasteiger charge is 2.46. The summed E-state index contributed by atoms with van der Waals surface area (Å²) in [5.41, 5.74) is -0.0660. The number of morpholine rings is 1. The van der Waals surface area contributed by atoms with E-state index in [9.17, 15) is 23.5 Å². The average molecular weight is 555 g/mol. The minimum absolute atomic E-state index is 0.00980. The van der Waals surface area contributed by atoms with Gasteiger partial charge in [-0.15, -0.1) is 0 Å². The van der Waals surface area contributed by atoms with Gasteiger partial charge < -0.3 is 24.5 Å². The zero-order valence-corrected chi connectivity index (χ0v) is 22.8. The van der Waals surface area contributed by atoms with Gasteiger partial charge in [-0.05, 0) is 48.3 Å². The number of carbonyl (C=O) groups excluding carboxylic acids is 2. The highest BCUT2D eigenvalue weighted by molar-refractivity contribution is 5.84. The van der Waals surface area contributed by atoms with Gasteiger partial charge in [-0.1, -0.05) is 30.3 Å². The Bertz CT molecular complexity index is 1250. The lowest BCUT2D eigenvalue weighted by atomic mass is 9.89. The summed E-state index contributed by atoms with van der Waals surface area (Å²) in [6, 6.07) is 11.9. The number of aliphatic hydroxyl groups is 1. The zero-order chi connectivity index (χ0) is 28.3. The van der Waals surface area contributed by atoms with Gasteiger partial charge in [0, 0.05) is 51.4 Å². The van der Waals surface area contributed by atoms with E-state index in [2.05, 4.69) is 4.90 Å². The molecule has 0 radical (unpaired) electrons. The van der Waals surface area contributed by atoms with Crippen molar-refractivity contribution >= 4 is 17.5 Å². The van der Waals surface area contributed by atoms with Crippen LogP contribution in [0.1, 0.15) is 24.0 Å². The molecule has 2 fully saturated rings. The molecule has 0 aromatic heterocycles. The van der Waals surface area contributed by atoms with Crippen molar-refractivity contribution in [2.75, 3.05) is 66.1 Å². The maximum atomic E-state index is 14.8. The fraction of sp³-hybridized carbons (Fsp3) is 0.467. The summed E-state index contributed by atoms with van der Waals surface area (Å²) in [6.45, 7) is 3.83. The molecule has 0 bridgehead atoms. The fourth-order valence-corrected chi connectivity index (χ4v) is 5.96. The van der Waals surface area contributed by atoms with Gasteiger partial charge in [0.15, 0.2) is 0 Å². The predicted molar refractivity (Wildman–Crippen MR) is 146 cm³/mol. The number of piperidine rings is 1. The Hall–Kier alpha value is -3.34. The molecule has 40 heavy (non-hydrogen) atoms. The first kappa shape index (κ1) is 28.2. The quantitative estimate of drug-likeness (QED) is 0.595. The van der Waals surface area contributed by atoms with Crippen molar-refractivity contribution in [2.24, 2.45) is 0 Å². The Balaban J connectivity index is 1.32. The summed E-state index contributed by atoms with van der Waals surface area (Å²) in [5.74, 6) is -1.09. The molecule has 3 amide bonds. The third kappa shape index (κ3) is 5.61. The lowest BCUT2D eigenvalue weighted by Crippen LogP contribution is -2.56. The number of carbonyl (C=O) groups is 2. The van der Waals surface area contributed by atoms with E-state index in [-0.39, 0.29) is 30.1 Å². The first-order chi connectivity index (χ1) is 19.3. The molecule has 3 heterocycles. The second-order valence-corrected chi connectivity index (χ2v) is 10.7. The van der Waals surface area contributed by atoms with Gasteiger partial charge in [-0.3, -0.25) is 9.69 Å². The van der Waals surface area contributed by atoms with Crippen LogP contribution in [0.2, 0.25) is 0 Å². The second kappa shape index (κ2) is 12.0. The summed E-state index contributed by atoms with van der Waals surface area (Å²) in [6.07, 6.45) is 2.93. The van der Waals surface area contributed by atoms with E-state index in [0.29, 0.717) is 56.8 Å². The van der Waals surface area contributed by atoms with Crippen molar-refractivity contribution in [2.45, 2.75) is 24.4 Å². The van der Waals surface area contributed by atoms with Crippen LogP contribution in [0.4, 0.5) is 13.6 Å². The van der Waals surface area contributed by atoms with Crippen LogP contribution in [-0.2, 0) is 15.1 Å². The summed E-state index contributed by atoms with van der Waals surface area (Å²) >= 11 is 0. The van der Waals surface area contributed by atoms with Crippen LogP contribution in [-0.4, -0.2) is 109 Å². The second-order valence-electron chi connectivity index (χ2n) is 10.7. The van der Waals surface area contributed by atoms with Gasteiger partial charge >= 0.3 is 6.03 Å². The normalized spacial score (nSPS) is 22.4. The van der Waals surface area contributed by atoms with E-state index in [4.69, 9.17) is 4.74 Å². The number of hydrogen-bond donors (Lipinski definition) is 1. The standard InChI is InChI=1S/C30H36F2N4O4/c1-33(25-9-11-35(12-10-25)28(38)20-34-13-15-40-16-14-34)29(39)36-19-22(26-17-24(31)7-8-27(26)32)18-30(36,21-37)23-5-3-2-4-6-23/h2-8,17-18,25,37H,9-16,19-21H2,1H3. The van der Waals surface area contributed by atoms with Crippen LogP contribution in [0.15, 0.2) is 54.6 Å². The number of amides is 3. The van der Waals surface area contributed by atoms with Gasteiger partial charge in [-0.2, -0.15) is 0 Å². The third-order valence-corrected chi connectivity index (χ3v) is 8.37. The zero-order valence-electron chi connectivity index (χ0n) is 22.8. The van der Waals surface area contributed by atoms with E-state index in [1.54, 1.807) is 18.0 Å². The minimum atomic E-state index is -1.24. The highest BCUT2D eigenvalue weighted by Crippen LogP contribution is 2.41. The summed E-state index contributed by atoms with van der Waals surface area (Å²) in [7, 11) is 1.73. The van der Waals surface area contributed by atoms with Crippen molar-refractivity contribution < 1.29 is 28.2 Å². The van der Waals surface area contributed by atoms with Crippen molar-refractivity contribution in [1.29, 1.82) is 0 Å². The number of ether oxygens (including phenoxy) is 1. The Morgan fingerprint density at radius 2 is 1.75 bits per heavy atom. The maximum Gasteiger partial charge on any atom is 0.321 e. The number of halogens is 2. The number of benzene rings is 2. The number of likely N-dealkylation sites (tertiary alicyclic amines) is 1.